The van der Waals surface area contributed by atoms with Crippen molar-refractivity contribution in [1.82, 2.24) is 19.8 Å². The van der Waals surface area contributed by atoms with E-state index in [1.54, 1.807) is 13.3 Å². The lowest BCUT2D eigenvalue weighted by Gasteiger charge is -2.27. The molecule has 3 heterocycles. The van der Waals surface area contributed by atoms with Gasteiger partial charge in [0.2, 0.25) is 5.91 Å². The third-order valence-electron chi connectivity index (χ3n) is 6.69. The van der Waals surface area contributed by atoms with Crippen molar-refractivity contribution in [3.63, 3.8) is 0 Å². The van der Waals surface area contributed by atoms with Gasteiger partial charge in [-0.15, -0.1) is 0 Å². The number of hydrogen-bond donors (Lipinski definition) is 2. The van der Waals surface area contributed by atoms with Gasteiger partial charge in [0.05, 0.1) is 24.9 Å². The number of rotatable bonds is 7. The minimum atomic E-state index is -0.220. The summed E-state index contributed by atoms with van der Waals surface area (Å²) in [5, 5.41) is 6.95. The number of aromatic nitrogens is 2. The van der Waals surface area contributed by atoms with Crippen LogP contribution >= 0.6 is 12.2 Å². The molecule has 37 heavy (non-hydrogen) atoms. The molecule has 2 atom stereocenters. The summed E-state index contributed by atoms with van der Waals surface area (Å²) < 4.78 is 7.55. The van der Waals surface area contributed by atoms with Crippen LogP contribution in [0, 0.1) is 13.8 Å². The van der Waals surface area contributed by atoms with Crippen molar-refractivity contribution in [2.45, 2.75) is 25.9 Å². The average Bonchev–Trinajstić information content (AvgIpc) is 3.39. The van der Waals surface area contributed by atoms with Crippen LogP contribution in [0.15, 0.2) is 85.1 Å². The maximum absolute atomic E-state index is 13.1. The summed E-state index contributed by atoms with van der Waals surface area (Å²) in [6, 6.07) is 25.0. The molecule has 0 spiro atoms. The molecular weight excluding hydrogens is 482 g/mol. The van der Waals surface area contributed by atoms with Gasteiger partial charge in [0.25, 0.3) is 0 Å². The Morgan fingerprint density at radius 2 is 1.78 bits per heavy atom. The summed E-state index contributed by atoms with van der Waals surface area (Å²) in [5.41, 5.74) is 5.91. The van der Waals surface area contributed by atoms with Crippen LogP contribution < -0.4 is 15.4 Å². The van der Waals surface area contributed by atoms with E-state index in [9.17, 15) is 4.79 Å². The third kappa shape index (κ3) is 4.93. The topological polar surface area (TPSA) is 71.4 Å². The fraction of sp³-hybridized carbons (Fsp3) is 0.207. The van der Waals surface area contributed by atoms with Gasteiger partial charge in [-0.2, -0.15) is 0 Å². The van der Waals surface area contributed by atoms with Crippen molar-refractivity contribution in [2.24, 2.45) is 0 Å². The summed E-state index contributed by atoms with van der Waals surface area (Å²) in [6.07, 6.45) is 1.78. The van der Waals surface area contributed by atoms with Crippen LogP contribution in [-0.2, 0) is 4.79 Å². The van der Waals surface area contributed by atoms with Gasteiger partial charge >= 0.3 is 0 Å². The zero-order chi connectivity index (χ0) is 25.9. The second-order valence-corrected chi connectivity index (χ2v) is 9.42. The highest BCUT2D eigenvalue weighted by Crippen LogP contribution is 2.41. The Balaban J connectivity index is 1.53. The van der Waals surface area contributed by atoms with Crippen LogP contribution in [0.1, 0.15) is 34.7 Å². The number of aryl methyl sites for hydroxylation is 1. The van der Waals surface area contributed by atoms with E-state index < -0.39 is 0 Å². The molecule has 2 aromatic carbocycles. The first-order valence-corrected chi connectivity index (χ1v) is 12.5. The Hall–Kier alpha value is -4.17. The lowest BCUT2D eigenvalue weighted by atomic mass is 9.96. The van der Waals surface area contributed by atoms with Gasteiger partial charge in [-0.1, -0.05) is 24.3 Å². The van der Waals surface area contributed by atoms with Crippen molar-refractivity contribution in [1.29, 1.82) is 0 Å². The number of thiocarbonyl (C=S) groups is 1. The molecule has 0 bridgehead atoms. The Kier molecular flexibility index (Phi) is 6.92. The molecular formula is C29H29N5O2S. The van der Waals surface area contributed by atoms with Crippen molar-refractivity contribution in [2.75, 3.05) is 19.0 Å². The number of carbonyl (C=O) groups excluding carboxylic acids is 1. The molecule has 2 unspecified atom stereocenters. The minimum Gasteiger partial charge on any atom is -0.497 e. The molecule has 1 amide bonds. The summed E-state index contributed by atoms with van der Waals surface area (Å²) in [4.78, 5) is 19.7. The Labute approximate surface area is 222 Å². The number of amides is 1. The predicted molar refractivity (Wildman–Crippen MR) is 149 cm³/mol. The minimum absolute atomic E-state index is 0.112. The van der Waals surface area contributed by atoms with Crippen LogP contribution in [0.5, 0.6) is 5.75 Å². The molecule has 0 saturated carbocycles. The summed E-state index contributed by atoms with van der Waals surface area (Å²) in [5.74, 6) is 0.675. The van der Waals surface area contributed by atoms with E-state index in [2.05, 4.69) is 40.1 Å². The number of methoxy groups -OCH3 is 1. The highest BCUT2D eigenvalue weighted by atomic mass is 32.1. The van der Waals surface area contributed by atoms with Gasteiger partial charge in [0.1, 0.15) is 12.3 Å². The van der Waals surface area contributed by atoms with Gasteiger partial charge in [-0.25, -0.2) is 0 Å². The first-order valence-electron chi connectivity index (χ1n) is 12.1. The van der Waals surface area contributed by atoms with Crippen LogP contribution in [0.25, 0.3) is 5.69 Å². The highest BCUT2D eigenvalue weighted by molar-refractivity contribution is 7.80. The van der Waals surface area contributed by atoms with Gasteiger partial charge in [0.15, 0.2) is 5.11 Å². The number of hydrogen-bond acceptors (Lipinski definition) is 4. The SMILES string of the molecule is COc1ccc(-n2c(C)cc(C3C(c4ccccn4)NC(=S)N3CC(=O)Nc3ccccc3)c2C)cc1. The molecule has 0 aliphatic carbocycles. The zero-order valence-electron chi connectivity index (χ0n) is 21.0. The number of carbonyl (C=O) groups is 1. The summed E-state index contributed by atoms with van der Waals surface area (Å²) in [7, 11) is 1.66. The van der Waals surface area contributed by atoms with Crippen LogP contribution in [-0.4, -0.2) is 39.1 Å². The molecule has 4 aromatic rings. The average molecular weight is 512 g/mol. The monoisotopic (exact) mass is 511 g/mol. The van der Waals surface area contributed by atoms with Crippen molar-refractivity contribution in [3.05, 3.63) is 108 Å². The molecule has 7 nitrogen and oxygen atoms in total. The van der Waals surface area contributed by atoms with E-state index in [1.807, 2.05) is 77.7 Å². The Bertz CT molecular complexity index is 1400. The molecule has 2 aromatic heterocycles. The molecule has 1 aliphatic rings. The lowest BCUT2D eigenvalue weighted by Crippen LogP contribution is -2.37. The zero-order valence-corrected chi connectivity index (χ0v) is 21.8. The van der Waals surface area contributed by atoms with E-state index in [0.29, 0.717) is 5.11 Å². The van der Waals surface area contributed by atoms with E-state index in [0.717, 1.165) is 39.8 Å². The maximum Gasteiger partial charge on any atom is 0.244 e. The maximum atomic E-state index is 13.1. The summed E-state index contributed by atoms with van der Waals surface area (Å²) >= 11 is 5.77. The number of para-hydroxylation sites is 1. The number of anilines is 1. The predicted octanol–water partition coefficient (Wildman–Crippen LogP) is 5.11. The largest absolute Gasteiger partial charge is 0.497 e. The van der Waals surface area contributed by atoms with Crippen LogP contribution in [0.4, 0.5) is 5.69 Å². The fourth-order valence-electron chi connectivity index (χ4n) is 5.01. The first kappa shape index (κ1) is 24.5. The fourth-order valence-corrected chi connectivity index (χ4v) is 5.31. The number of nitrogens with one attached hydrogen (secondary N) is 2. The normalized spacial score (nSPS) is 16.9. The standard InChI is InChI=1S/C29H29N5O2S/c1-19-17-24(20(2)34(19)22-12-14-23(36-3)15-13-22)28-27(25-11-7-8-16-30-25)32-29(37)33(28)18-26(35)31-21-9-5-4-6-10-21/h4-17,27-28H,18H2,1-3H3,(H,31,35)(H,32,37). The molecule has 1 fully saturated rings. The molecule has 188 valence electrons. The number of nitrogens with zero attached hydrogens (tertiary/aromatic N) is 3. The van der Waals surface area contributed by atoms with Crippen molar-refractivity contribution in [3.8, 4) is 11.4 Å². The molecule has 0 radical (unpaired) electrons. The van der Waals surface area contributed by atoms with Gasteiger partial charge in [-0.3, -0.25) is 9.78 Å². The van der Waals surface area contributed by atoms with Gasteiger partial charge in [-0.05, 0) is 86.2 Å². The smallest absolute Gasteiger partial charge is 0.244 e. The van der Waals surface area contributed by atoms with Crippen molar-refractivity contribution >= 4 is 28.9 Å². The third-order valence-corrected chi connectivity index (χ3v) is 7.04. The summed E-state index contributed by atoms with van der Waals surface area (Å²) in [6.45, 7) is 4.30. The van der Waals surface area contributed by atoms with Crippen LogP contribution in [0.3, 0.4) is 0 Å². The number of pyridine rings is 1. The lowest BCUT2D eigenvalue weighted by molar-refractivity contribution is -0.116. The Morgan fingerprint density at radius 3 is 2.46 bits per heavy atom. The van der Waals surface area contributed by atoms with E-state index >= 15 is 0 Å². The van der Waals surface area contributed by atoms with Crippen LogP contribution in [0.2, 0.25) is 0 Å². The second kappa shape index (κ2) is 10.4. The van der Waals surface area contributed by atoms with E-state index in [4.69, 9.17) is 17.0 Å². The molecule has 1 saturated heterocycles. The molecule has 2 N–H and O–H groups in total. The quantitative estimate of drug-likeness (QED) is 0.336. The second-order valence-electron chi connectivity index (χ2n) is 9.03. The van der Waals surface area contributed by atoms with Gasteiger partial charge < -0.3 is 24.8 Å². The molecule has 1 aliphatic heterocycles. The van der Waals surface area contributed by atoms with Crippen molar-refractivity contribution < 1.29 is 9.53 Å². The number of ether oxygens (including phenoxy) is 1. The molecule has 5 rings (SSSR count). The van der Waals surface area contributed by atoms with Gasteiger partial charge in [0, 0.05) is 29.0 Å². The van der Waals surface area contributed by atoms with E-state index in [1.165, 1.54) is 0 Å². The Morgan fingerprint density at radius 1 is 1.05 bits per heavy atom. The highest BCUT2D eigenvalue weighted by Gasteiger charge is 2.42. The van der Waals surface area contributed by atoms with E-state index in [-0.39, 0.29) is 24.5 Å². The first-order chi connectivity index (χ1) is 18.0. The molecule has 8 heteroatoms. The number of benzene rings is 2.